The summed E-state index contributed by atoms with van der Waals surface area (Å²) in [5.41, 5.74) is 9.99. The van der Waals surface area contributed by atoms with Crippen molar-refractivity contribution in [1.29, 1.82) is 0 Å². The first kappa shape index (κ1) is 23.2. The number of thiazole rings is 2. The first-order chi connectivity index (χ1) is 19.8. The van der Waals surface area contributed by atoms with Crippen molar-refractivity contribution in [3.05, 3.63) is 128 Å². The van der Waals surface area contributed by atoms with Crippen molar-refractivity contribution in [2.24, 2.45) is 0 Å². The van der Waals surface area contributed by atoms with Gasteiger partial charge < -0.3 is 0 Å². The van der Waals surface area contributed by atoms with Crippen LogP contribution in [0, 0.1) is 0 Å². The number of pyridine rings is 1. The Kier molecular flexibility index (Phi) is 5.50. The van der Waals surface area contributed by atoms with Crippen molar-refractivity contribution >= 4 is 54.0 Å². The summed E-state index contributed by atoms with van der Waals surface area (Å²) in [6, 6.07) is 42.7. The number of benzene rings is 5. The molecule has 8 rings (SSSR count). The zero-order valence-corrected chi connectivity index (χ0v) is 22.9. The molecule has 0 saturated heterocycles. The zero-order chi connectivity index (χ0) is 26.5. The molecule has 0 aliphatic heterocycles. The minimum Gasteiger partial charge on any atom is -0.256 e. The SMILES string of the molecule is c1ccc2sc(-c3ccc(-c4cc(-c5ccc(-c6nc7ccccc7s6)cc5)c5cccnc5c4)cc3)nc2c1. The maximum absolute atomic E-state index is 4.84. The Hall–Kier alpha value is -4.71. The molecule has 3 nitrogen and oxygen atoms in total. The molecule has 0 atom stereocenters. The van der Waals surface area contributed by atoms with E-state index < -0.39 is 0 Å². The van der Waals surface area contributed by atoms with Crippen LogP contribution in [0.2, 0.25) is 0 Å². The van der Waals surface area contributed by atoms with Crippen LogP contribution < -0.4 is 0 Å². The topological polar surface area (TPSA) is 38.7 Å². The quantitative estimate of drug-likeness (QED) is 0.220. The smallest absolute Gasteiger partial charge is 0.124 e. The second-order valence-electron chi connectivity index (χ2n) is 9.72. The van der Waals surface area contributed by atoms with Gasteiger partial charge >= 0.3 is 0 Å². The Morgan fingerprint density at radius 3 is 1.57 bits per heavy atom. The summed E-state index contributed by atoms with van der Waals surface area (Å²) >= 11 is 3.46. The molecule has 0 spiro atoms. The Balaban J connectivity index is 1.17. The van der Waals surface area contributed by atoms with Crippen LogP contribution in [-0.2, 0) is 0 Å². The fraction of sp³-hybridized carbons (Fsp3) is 0. The number of fused-ring (bicyclic) bond motifs is 3. The average molecular weight is 548 g/mol. The molecular formula is C35H21N3S2. The summed E-state index contributed by atoms with van der Waals surface area (Å²) in [5.74, 6) is 0. The van der Waals surface area contributed by atoms with Crippen molar-refractivity contribution in [2.75, 3.05) is 0 Å². The molecule has 188 valence electrons. The van der Waals surface area contributed by atoms with Gasteiger partial charge in [0.1, 0.15) is 10.0 Å². The Bertz CT molecular complexity index is 2090. The van der Waals surface area contributed by atoms with Gasteiger partial charge in [0.25, 0.3) is 0 Å². The van der Waals surface area contributed by atoms with E-state index in [9.17, 15) is 0 Å². The van der Waals surface area contributed by atoms with E-state index in [1.54, 1.807) is 22.7 Å². The molecule has 3 heterocycles. The first-order valence-electron chi connectivity index (χ1n) is 13.1. The molecule has 0 fully saturated rings. The zero-order valence-electron chi connectivity index (χ0n) is 21.3. The van der Waals surface area contributed by atoms with Crippen LogP contribution in [-0.4, -0.2) is 15.0 Å². The van der Waals surface area contributed by atoms with Crippen molar-refractivity contribution in [2.45, 2.75) is 0 Å². The highest BCUT2D eigenvalue weighted by molar-refractivity contribution is 7.22. The lowest BCUT2D eigenvalue weighted by Crippen LogP contribution is -1.88. The summed E-state index contributed by atoms with van der Waals surface area (Å²) in [6.45, 7) is 0. The van der Waals surface area contributed by atoms with Crippen molar-refractivity contribution in [3.63, 3.8) is 0 Å². The van der Waals surface area contributed by atoms with Gasteiger partial charge in [-0.25, -0.2) is 9.97 Å². The van der Waals surface area contributed by atoms with Gasteiger partial charge in [0.15, 0.2) is 0 Å². The number of hydrogen-bond acceptors (Lipinski definition) is 5. The molecule has 0 unspecified atom stereocenters. The number of nitrogens with zero attached hydrogens (tertiary/aromatic N) is 3. The Morgan fingerprint density at radius 2 is 0.975 bits per heavy atom. The minimum atomic E-state index is 0.987. The highest BCUT2D eigenvalue weighted by atomic mass is 32.1. The van der Waals surface area contributed by atoms with E-state index >= 15 is 0 Å². The molecule has 0 bridgehead atoms. The largest absolute Gasteiger partial charge is 0.256 e. The van der Waals surface area contributed by atoms with Crippen molar-refractivity contribution in [3.8, 4) is 43.4 Å². The molecule has 0 aliphatic carbocycles. The van der Waals surface area contributed by atoms with Gasteiger partial charge in [-0.05, 0) is 64.7 Å². The molecule has 5 aromatic carbocycles. The van der Waals surface area contributed by atoms with Crippen molar-refractivity contribution in [1.82, 2.24) is 15.0 Å². The van der Waals surface area contributed by atoms with Crippen molar-refractivity contribution < 1.29 is 0 Å². The fourth-order valence-electron chi connectivity index (χ4n) is 5.18. The van der Waals surface area contributed by atoms with Crippen LogP contribution >= 0.6 is 22.7 Å². The van der Waals surface area contributed by atoms with Gasteiger partial charge in [-0.15, -0.1) is 22.7 Å². The molecule has 0 radical (unpaired) electrons. The standard InChI is InChI=1S/C35H21N3S2/c1-3-9-32-29(7-1)37-34(39-32)24-15-11-22(12-16-24)26-20-28(27-6-5-19-36-31(27)21-26)23-13-17-25(18-14-23)35-38-30-8-2-4-10-33(30)40-35/h1-21H. The van der Waals surface area contributed by atoms with E-state index in [1.165, 1.54) is 15.0 Å². The van der Waals surface area contributed by atoms with Crippen LogP contribution in [0.1, 0.15) is 0 Å². The molecule has 8 aromatic rings. The van der Waals surface area contributed by atoms with E-state index in [0.717, 1.165) is 59.8 Å². The maximum Gasteiger partial charge on any atom is 0.124 e. The number of aromatic nitrogens is 3. The monoisotopic (exact) mass is 547 g/mol. The molecule has 0 aliphatic rings. The predicted octanol–water partition coefficient (Wildman–Crippen LogP) is 10.1. The fourth-order valence-corrected chi connectivity index (χ4v) is 7.12. The van der Waals surface area contributed by atoms with E-state index in [0.29, 0.717) is 0 Å². The Morgan fingerprint density at radius 1 is 0.425 bits per heavy atom. The highest BCUT2D eigenvalue weighted by Gasteiger charge is 2.12. The summed E-state index contributed by atoms with van der Waals surface area (Å²) in [5, 5.41) is 3.23. The van der Waals surface area contributed by atoms with Crippen LogP contribution in [0.15, 0.2) is 128 Å². The normalized spacial score (nSPS) is 11.5. The van der Waals surface area contributed by atoms with E-state index in [1.807, 2.05) is 24.4 Å². The number of hydrogen-bond donors (Lipinski definition) is 0. The molecule has 0 saturated carbocycles. The number of rotatable bonds is 4. The first-order valence-corrected chi connectivity index (χ1v) is 14.7. The predicted molar refractivity (Wildman–Crippen MR) is 170 cm³/mol. The summed E-state index contributed by atoms with van der Waals surface area (Å²) < 4.78 is 2.42. The van der Waals surface area contributed by atoms with E-state index in [-0.39, 0.29) is 0 Å². The molecular weight excluding hydrogens is 527 g/mol. The third-order valence-electron chi connectivity index (χ3n) is 7.22. The molecule has 40 heavy (non-hydrogen) atoms. The van der Waals surface area contributed by atoms with Gasteiger partial charge in [0.2, 0.25) is 0 Å². The van der Waals surface area contributed by atoms with Crippen LogP contribution in [0.3, 0.4) is 0 Å². The number of para-hydroxylation sites is 2. The second-order valence-corrected chi connectivity index (χ2v) is 11.8. The van der Waals surface area contributed by atoms with Gasteiger partial charge in [0.05, 0.1) is 25.9 Å². The third kappa shape index (κ3) is 4.08. The molecule has 0 N–H and O–H groups in total. The van der Waals surface area contributed by atoms with E-state index in [2.05, 4.69) is 103 Å². The van der Waals surface area contributed by atoms with Gasteiger partial charge in [-0.2, -0.15) is 0 Å². The highest BCUT2D eigenvalue weighted by Crippen LogP contribution is 2.37. The summed E-state index contributed by atoms with van der Waals surface area (Å²) in [7, 11) is 0. The maximum atomic E-state index is 4.84. The van der Waals surface area contributed by atoms with Gasteiger partial charge in [0, 0.05) is 22.7 Å². The van der Waals surface area contributed by atoms with Gasteiger partial charge in [-0.1, -0.05) is 78.9 Å². The van der Waals surface area contributed by atoms with Gasteiger partial charge in [-0.3, -0.25) is 4.98 Å². The molecule has 0 amide bonds. The van der Waals surface area contributed by atoms with Crippen LogP contribution in [0.4, 0.5) is 0 Å². The van der Waals surface area contributed by atoms with E-state index in [4.69, 9.17) is 15.0 Å². The van der Waals surface area contributed by atoms with Crippen LogP contribution in [0.25, 0.3) is 74.7 Å². The second kappa shape index (κ2) is 9.49. The summed E-state index contributed by atoms with van der Waals surface area (Å²) in [4.78, 5) is 14.4. The lowest BCUT2D eigenvalue weighted by atomic mass is 9.94. The Labute approximate surface area is 239 Å². The molecule has 3 aromatic heterocycles. The summed E-state index contributed by atoms with van der Waals surface area (Å²) in [6.07, 6.45) is 1.86. The lowest BCUT2D eigenvalue weighted by Gasteiger charge is -2.11. The molecule has 5 heteroatoms. The average Bonchev–Trinajstić information content (AvgIpc) is 3.66. The lowest BCUT2D eigenvalue weighted by molar-refractivity contribution is 1.41. The van der Waals surface area contributed by atoms with Crippen LogP contribution in [0.5, 0.6) is 0 Å². The minimum absolute atomic E-state index is 0.987. The third-order valence-corrected chi connectivity index (χ3v) is 9.39.